The molecule has 1 heterocycles. The van der Waals surface area contributed by atoms with Gasteiger partial charge in [-0.05, 0) is 69.2 Å². The van der Waals surface area contributed by atoms with Gasteiger partial charge in [0.15, 0.2) is 0 Å². The summed E-state index contributed by atoms with van der Waals surface area (Å²) in [7, 11) is 0. The molecule has 0 fully saturated rings. The minimum atomic E-state index is -0.520. The number of para-hydroxylation sites is 2. The summed E-state index contributed by atoms with van der Waals surface area (Å²) in [4.78, 5) is 4.91. The van der Waals surface area contributed by atoms with E-state index in [9.17, 15) is 0 Å². The molecule has 184 valence electrons. The van der Waals surface area contributed by atoms with Gasteiger partial charge in [-0.3, -0.25) is 0 Å². The first-order valence-corrected chi connectivity index (χ1v) is 13.3. The topological polar surface area (TPSA) is 15.7 Å². The number of hydrogen-bond acceptors (Lipinski definition) is 3. The minimum Gasteiger partial charge on any atom is -0.457 e. The van der Waals surface area contributed by atoms with E-state index in [-0.39, 0.29) is 0 Å². The summed E-state index contributed by atoms with van der Waals surface area (Å²) in [6.45, 7) is 12.8. The molecule has 0 aromatic heterocycles. The highest BCUT2D eigenvalue weighted by Gasteiger charge is 2.47. The van der Waals surface area contributed by atoms with Crippen LogP contribution < -0.4 is 14.5 Å². The third-order valence-electron chi connectivity index (χ3n) is 7.63. The van der Waals surface area contributed by atoms with E-state index in [4.69, 9.17) is 4.74 Å². The number of nitrogens with zero attached hydrogens (tertiary/aromatic N) is 2. The van der Waals surface area contributed by atoms with Crippen molar-refractivity contribution in [1.29, 1.82) is 0 Å². The average Bonchev–Trinajstić information content (AvgIpc) is 2.94. The molecule has 0 saturated carbocycles. The van der Waals surface area contributed by atoms with Crippen LogP contribution in [0.3, 0.4) is 0 Å². The monoisotopic (exact) mass is 476 g/mol. The first kappa shape index (κ1) is 24.0. The third kappa shape index (κ3) is 3.74. The fraction of sp³-hybridized carbons (Fsp3) is 0.273. The van der Waals surface area contributed by atoms with E-state index in [2.05, 4.69) is 135 Å². The van der Waals surface area contributed by atoms with Crippen LogP contribution in [0.5, 0.6) is 11.5 Å². The Balaban J connectivity index is 1.97. The Bertz CT molecular complexity index is 1280. The van der Waals surface area contributed by atoms with Crippen LogP contribution in [0.1, 0.15) is 49.9 Å². The Morgan fingerprint density at radius 3 is 1.64 bits per heavy atom. The predicted octanol–water partition coefficient (Wildman–Crippen LogP) is 7.87. The van der Waals surface area contributed by atoms with Gasteiger partial charge in [-0.15, -0.1) is 0 Å². The molecule has 0 N–H and O–H groups in total. The van der Waals surface area contributed by atoms with Gasteiger partial charge in [0.05, 0.1) is 5.41 Å². The van der Waals surface area contributed by atoms with Gasteiger partial charge in [0, 0.05) is 48.7 Å². The zero-order chi connectivity index (χ0) is 25.1. The molecule has 0 aliphatic carbocycles. The molecule has 0 bridgehead atoms. The van der Waals surface area contributed by atoms with Crippen molar-refractivity contribution in [2.75, 3.05) is 36.0 Å². The van der Waals surface area contributed by atoms with E-state index in [1.54, 1.807) is 0 Å². The highest BCUT2D eigenvalue weighted by atomic mass is 16.5. The van der Waals surface area contributed by atoms with Gasteiger partial charge in [0.25, 0.3) is 0 Å². The van der Waals surface area contributed by atoms with Gasteiger partial charge in [0.2, 0.25) is 0 Å². The Kier molecular flexibility index (Phi) is 6.73. The van der Waals surface area contributed by atoms with Crippen LogP contribution >= 0.6 is 0 Å². The summed E-state index contributed by atoms with van der Waals surface area (Å²) < 4.78 is 6.52. The Hall–Kier alpha value is -3.72. The van der Waals surface area contributed by atoms with Crippen molar-refractivity contribution in [2.45, 2.75) is 33.1 Å². The maximum atomic E-state index is 6.52. The molecule has 3 heteroatoms. The lowest BCUT2D eigenvalue weighted by molar-refractivity contribution is 0.434. The molecule has 0 spiro atoms. The van der Waals surface area contributed by atoms with Crippen LogP contribution in [0, 0.1) is 0 Å². The second-order valence-corrected chi connectivity index (χ2v) is 9.26. The molecule has 0 unspecified atom stereocenters. The summed E-state index contributed by atoms with van der Waals surface area (Å²) >= 11 is 0. The highest BCUT2D eigenvalue weighted by molar-refractivity contribution is 5.76. The summed E-state index contributed by atoms with van der Waals surface area (Å²) in [5, 5.41) is 0. The van der Waals surface area contributed by atoms with Gasteiger partial charge < -0.3 is 14.5 Å². The van der Waals surface area contributed by atoms with Gasteiger partial charge in [0.1, 0.15) is 11.5 Å². The molecule has 1 aliphatic rings. The molecule has 0 saturated heterocycles. The van der Waals surface area contributed by atoms with E-state index in [0.29, 0.717) is 0 Å². The number of rotatable bonds is 8. The summed E-state index contributed by atoms with van der Waals surface area (Å²) in [5.41, 5.74) is 6.91. The Morgan fingerprint density at radius 2 is 1.08 bits per heavy atom. The third-order valence-corrected chi connectivity index (χ3v) is 7.63. The van der Waals surface area contributed by atoms with Crippen molar-refractivity contribution in [3.05, 3.63) is 119 Å². The van der Waals surface area contributed by atoms with E-state index in [0.717, 1.165) is 37.7 Å². The van der Waals surface area contributed by atoms with Crippen molar-refractivity contribution in [1.82, 2.24) is 0 Å². The molecule has 0 radical (unpaired) electrons. The first-order chi connectivity index (χ1) is 17.7. The summed E-state index contributed by atoms with van der Waals surface area (Å²) in [6.07, 6.45) is 0. The Labute approximate surface area is 216 Å². The van der Waals surface area contributed by atoms with Crippen LogP contribution in [0.25, 0.3) is 0 Å². The van der Waals surface area contributed by atoms with Crippen LogP contribution in [-0.4, -0.2) is 26.2 Å². The van der Waals surface area contributed by atoms with Crippen LogP contribution in [-0.2, 0) is 5.41 Å². The van der Waals surface area contributed by atoms with Crippen LogP contribution in [0.15, 0.2) is 97.1 Å². The zero-order valence-corrected chi connectivity index (χ0v) is 21.9. The molecule has 0 atom stereocenters. The molecular formula is C33H36N2O. The number of ether oxygens (including phenoxy) is 1. The minimum absolute atomic E-state index is 0.520. The zero-order valence-electron chi connectivity index (χ0n) is 21.9. The SMILES string of the molecule is CCN(CC)c1ccc(N(CC)CC)c(C2(c3ccccc3)c3ccccc3Oc3ccccc32)c1. The standard InChI is InChI=1S/C33H36N2O/c1-5-34(6-2)26-22-23-30(35(7-3)8-4)29(24-26)33(25-16-10-9-11-17-25)27-18-12-14-20-31(27)36-32-21-15-13-19-28(32)33/h9-24H,5-8H2,1-4H3. The maximum absolute atomic E-state index is 6.52. The number of benzene rings is 4. The van der Waals surface area contributed by atoms with Gasteiger partial charge in [-0.2, -0.15) is 0 Å². The van der Waals surface area contributed by atoms with Crippen molar-refractivity contribution in [3.63, 3.8) is 0 Å². The first-order valence-electron chi connectivity index (χ1n) is 13.3. The molecule has 4 aromatic rings. The number of fused-ring (bicyclic) bond motifs is 2. The van der Waals surface area contributed by atoms with E-state index >= 15 is 0 Å². The fourth-order valence-electron chi connectivity index (χ4n) is 5.89. The van der Waals surface area contributed by atoms with E-state index in [1.165, 1.54) is 33.6 Å². The van der Waals surface area contributed by atoms with Crippen molar-refractivity contribution < 1.29 is 4.74 Å². The maximum Gasteiger partial charge on any atom is 0.132 e. The summed E-state index contributed by atoms with van der Waals surface area (Å²) in [6, 6.07) is 35.1. The smallest absolute Gasteiger partial charge is 0.132 e. The lowest BCUT2D eigenvalue weighted by atomic mass is 9.63. The molecule has 36 heavy (non-hydrogen) atoms. The average molecular weight is 477 g/mol. The van der Waals surface area contributed by atoms with Crippen molar-refractivity contribution >= 4 is 11.4 Å². The predicted molar refractivity (Wildman–Crippen MR) is 152 cm³/mol. The molecular weight excluding hydrogens is 440 g/mol. The fourth-order valence-corrected chi connectivity index (χ4v) is 5.89. The highest BCUT2D eigenvalue weighted by Crippen LogP contribution is 2.57. The molecule has 0 amide bonds. The second-order valence-electron chi connectivity index (χ2n) is 9.26. The normalized spacial score (nSPS) is 13.3. The molecule has 4 aromatic carbocycles. The molecule has 5 rings (SSSR count). The van der Waals surface area contributed by atoms with Crippen LogP contribution in [0.4, 0.5) is 11.4 Å². The van der Waals surface area contributed by atoms with Gasteiger partial charge in [-0.25, -0.2) is 0 Å². The Morgan fingerprint density at radius 1 is 0.556 bits per heavy atom. The van der Waals surface area contributed by atoms with Crippen molar-refractivity contribution in [2.24, 2.45) is 0 Å². The quantitative estimate of drug-likeness (QED) is 0.227. The number of anilines is 2. The van der Waals surface area contributed by atoms with Gasteiger partial charge in [-0.1, -0.05) is 66.7 Å². The van der Waals surface area contributed by atoms with Crippen LogP contribution in [0.2, 0.25) is 0 Å². The van der Waals surface area contributed by atoms with E-state index in [1.807, 2.05) is 0 Å². The molecule has 1 aliphatic heterocycles. The largest absolute Gasteiger partial charge is 0.457 e. The van der Waals surface area contributed by atoms with Crippen molar-refractivity contribution in [3.8, 4) is 11.5 Å². The second kappa shape index (κ2) is 10.1. The van der Waals surface area contributed by atoms with Gasteiger partial charge >= 0.3 is 0 Å². The summed E-state index contributed by atoms with van der Waals surface area (Å²) in [5.74, 6) is 1.83. The number of hydrogen-bond donors (Lipinski definition) is 0. The molecule has 3 nitrogen and oxygen atoms in total. The van der Waals surface area contributed by atoms with E-state index < -0.39 is 5.41 Å². The lowest BCUT2D eigenvalue weighted by Gasteiger charge is -2.44. The lowest BCUT2D eigenvalue weighted by Crippen LogP contribution is -2.37.